The molecule has 0 amide bonds. The van der Waals surface area contributed by atoms with E-state index in [-0.39, 0.29) is 0 Å². The van der Waals surface area contributed by atoms with Crippen LogP contribution in [0.2, 0.25) is 0 Å². The second-order valence-electron chi connectivity index (χ2n) is 6.05. The van der Waals surface area contributed by atoms with E-state index in [9.17, 15) is 0 Å². The van der Waals surface area contributed by atoms with Crippen LogP contribution in [-0.2, 0) is 6.42 Å². The van der Waals surface area contributed by atoms with Crippen molar-refractivity contribution in [3.8, 4) is 6.07 Å². The molecule has 0 unspecified atom stereocenters. The Morgan fingerprint density at radius 3 is 2.65 bits per heavy atom. The summed E-state index contributed by atoms with van der Waals surface area (Å²) in [4.78, 5) is 8.93. The second kappa shape index (κ2) is 8.63. The Balaban J connectivity index is 1.59. The highest BCUT2D eigenvalue weighted by molar-refractivity contribution is 5.57. The largest absolute Gasteiger partial charge is 0.370 e. The molecular formula is C21H21N5. The quantitative estimate of drug-likeness (QED) is 0.620. The number of benzene rings is 2. The summed E-state index contributed by atoms with van der Waals surface area (Å²) in [6.07, 6.45) is 2.06. The molecule has 0 atom stereocenters. The van der Waals surface area contributed by atoms with Gasteiger partial charge >= 0.3 is 0 Å². The third-order valence-electron chi connectivity index (χ3n) is 3.89. The van der Waals surface area contributed by atoms with Gasteiger partial charge in [0.1, 0.15) is 5.82 Å². The summed E-state index contributed by atoms with van der Waals surface area (Å²) in [5, 5.41) is 15.5. The molecule has 1 aromatic heterocycles. The van der Waals surface area contributed by atoms with E-state index in [2.05, 4.69) is 50.9 Å². The van der Waals surface area contributed by atoms with Crippen molar-refractivity contribution in [3.05, 3.63) is 77.5 Å². The molecular weight excluding hydrogens is 322 g/mol. The molecule has 3 aromatic rings. The van der Waals surface area contributed by atoms with Crippen LogP contribution in [0.25, 0.3) is 0 Å². The summed E-state index contributed by atoms with van der Waals surface area (Å²) in [7, 11) is 0. The van der Waals surface area contributed by atoms with E-state index in [1.165, 1.54) is 5.56 Å². The Bertz CT molecular complexity index is 900. The first-order valence-electron chi connectivity index (χ1n) is 8.63. The lowest BCUT2D eigenvalue weighted by Crippen LogP contribution is -2.07. The van der Waals surface area contributed by atoms with Gasteiger partial charge in [-0.1, -0.05) is 36.4 Å². The molecule has 2 N–H and O–H groups in total. The van der Waals surface area contributed by atoms with Gasteiger partial charge in [0.25, 0.3) is 0 Å². The number of nitrogens with one attached hydrogen (secondary N) is 2. The lowest BCUT2D eigenvalue weighted by Gasteiger charge is -2.10. The normalized spacial score (nSPS) is 10.2. The third-order valence-corrected chi connectivity index (χ3v) is 3.89. The molecule has 0 fully saturated rings. The minimum Gasteiger partial charge on any atom is -0.370 e. The maximum atomic E-state index is 9.00. The fourth-order valence-electron chi connectivity index (χ4n) is 2.66. The first-order valence-corrected chi connectivity index (χ1v) is 8.63. The van der Waals surface area contributed by atoms with Crippen LogP contribution in [0.3, 0.4) is 0 Å². The Kier molecular flexibility index (Phi) is 5.79. The molecule has 26 heavy (non-hydrogen) atoms. The maximum absolute atomic E-state index is 9.00. The first-order chi connectivity index (χ1) is 12.7. The fraction of sp³-hybridized carbons (Fsp3) is 0.190. The number of nitriles is 1. The van der Waals surface area contributed by atoms with Crippen LogP contribution in [-0.4, -0.2) is 16.5 Å². The van der Waals surface area contributed by atoms with Gasteiger partial charge in [0.2, 0.25) is 5.95 Å². The molecule has 0 aliphatic rings. The summed E-state index contributed by atoms with van der Waals surface area (Å²) in [6.45, 7) is 2.78. The van der Waals surface area contributed by atoms with Gasteiger partial charge in [0, 0.05) is 24.0 Å². The minimum atomic E-state index is 0.519. The highest BCUT2D eigenvalue weighted by Crippen LogP contribution is 2.17. The summed E-state index contributed by atoms with van der Waals surface area (Å²) in [5.74, 6) is 1.31. The predicted molar refractivity (Wildman–Crippen MR) is 104 cm³/mol. The van der Waals surface area contributed by atoms with Gasteiger partial charge < -0.3 is 10.6 Å². The standard InChI is InChI=1S/C21H21N5/c1-16-13-20(23-12-6-10-17-7-3-2-4-8-17)26-21(24-16)25-19-11-5-9-18(14-19)15-22/h2-5,7-9,11,13-14H,6,10,12H2,1H3,(H2,23,24,25,26). The topological polar surface area (TPSA) is 73.6 Å². The number of nitrogens with zero attached hydrogens (tertiary/aromatic N) is 3. The zero-order valence-electron chi connectivity index (χ0n) is 14.7. The van der Waals surface area contributed by atoms with Crippen molar-refractivity contribution >= 4 is 17.5 Å². The van der Waals surface area contributed by atoms with Crippen LogP contribution in [0.1, 0.15) is 23.2 Å². The number of aromatic nitrogens is 2. The smallest absolute Gasteiger partial charge is 0.229 e. The van der Waals surface area contributed by atoms with Gasteiger partial charge in [-0.25, -0.2) is 4.98 Å². The summed E-state index contributed by atoms with van der Waals surface area (Å²) in [6, 6.07) is 21.8. The average Bonchev–Trinajstić information content (AvgIpc) is 2.66. The van der Waals surface area contributed by atoms with Crippen molar-refractivity contribution in [3.63, 3.8) is 0 Å². The maximum Gasteiger partial charge on any atom is 0.229 e. The third kappa shape index (κ3) is 5.05. The highest BCUT2D eigenvalue weighted by Gasteiger charge is 2.04. The Hall–Kier alpha value is -3.39. The summed E-state index contributed by atoms with van der Waals surface area (Å²) < 4.78 is 0. The average molecular weight is 343 g/mol. The van der Waals surface area contributed by atoms with Gasteiger partial charge in [-0.3, -0.25) is 0 Å². The van der Waals surface area contributed by atoms with Crippen molar-refractivity contribution in [1.29, 1.82) is 5.26 Å². The second-order valence-corrected chi connectivity index (χ2v) is 6.05. The monoisotopic (exact) mass is 343 g/mol. The molecule has 0 saturated carbocycles. The van der Waals surface area contributed by atoms with E-state index in [1.54, 1.807) is 12.1 Å². The van der Waals surface area contributed by atoms with Gasteiger partial charge in [-0.05, 0) is 43.5 Å². The predicted octanol–water partition coefficient (Wildman–Crippen LogP) is 4.45. The summed E-state index contributed by atoms with van der Waals surface area (Å²) >= 11 is 0. The van der Waals surface area contributed by atoms with Gasteiger partial charge in [0.15, 0.2) is 0 Å². The molecule has 5 nitrogen and oxygen atoms in total. The molecule has 3 rings (SSSR count). The van der Waals surface area contributed by atoms with E-state index >= 15 is 0 Å². The molecule has 0 aliphatic heterocycles. The van der Waals surface area contributed by atoms with E-state index in [4.69, 9.17) is 5.26 Å². The Labute approximate surface area is 153 Å². The number of anilines is 3. The molecule has 1 heterocycles. The van der Waals surface area contributed by atoms with Gasteiger partial charge in [-0.2, -0.15) is 10.2 Å². The van der Waals surface area contributed by atoms with E-state index in [1.807, 2.05) is 31.2 Å². The van der Waals surface area contributed by atoms with Gasteiger partial charge in [-0.15, -0.1) is 0 Å². The van der Waals surface area contributed by atoms with Gasteiger partial charge in [0.05, 0.1) is 11.6 Å². The van der Waals surface area contributed by atoms with Crippen LogP contribution in [0.5, 0.6) is 0 Å². The van der Waals surface area contributed by atoms with Crippen molar-refractivity contribution in [1.82, 2.24) is 9.97 Å². The van der Waals surface area contributed by atoms with Crippen LogP contribution in [0.15, 0.2) is 60.7 Å². The Morgan fingerprint density at radius 2 is 1.85 bits per heavy atom. The van der Waals surface area contributed by atoms with Crippen molar-refractivity contribution in [2.75, 3.05) is 17.2 Å². The molecule has 130 valence electrons. The molecule has 2 aromatic carbocycles. The molecule has 0 radical (unpaired) electrons. The number of hydrogen-bond acceptors (Lipinski definition) is 5. The van der Waals surface area contributed by atoms with Crippen LogP contribution in [0.4, 0.5) is 17.5 Å². The van der Waals surface area contributed by atoms with Crippen molar-refractivity contribution < 1.29 is 0 Å². The Morgan fingerprint density at radius 1 is 1.00 bits per heavy atom. The van der Waals surface area contributed by atoms with E-state index < -0.39 is 0 Å². The number of hydrogen-bond donors (Lipinski definition) is 2. The SMILES string of the molecule is Cc1cc(NCCCc2ccccc2)nc(Nc2cccc(C#N)c2)n1. The molecule has 0 spiro atoms. The zero-order valence-corrected chi connectivity index (χ0v) is 14.7. The van der Waals surface area contributed by atoms with Crippen LogP contribution in [0, 0.1) is 18.3 Å². The molecule has 0 saturated heterocycles. The molecule has 0 bridgehead atoms. The lowest BCUT2D eigenvalue weighted by atomic mass is 10.1. The number of aryl methyl sites for hydroxylation is 2. The number of rotatable bonds is 7. The van der Waals surface area contributed by atoms with E-state index in [0.717, 1.165) is 36.6 Å². The summed E-state index contributed by atoms with van der Waals surface area (Å²) in [5.41, 5.74) is 3.61. The van der Waals surface area contributed by atoms with Crippen LogP contribution >= 0.6 is 0 Å². The van der Waals surface area contributed by atoms with E-state index in [0.29, 0.717) is 11.5 Å². The van der Waals surface area contributed by atoms with Crippen molar-refractivity contribution in [2.24, 2.45) is 0 Å². The highest BCUT2D eigenvalue weighted by atomic mass is 15.1. The molecule has 0 aliphatic carbocycles. The van der Waals surface area contributed by atoms with Crippen LogP contribution < -0.4 is 10.6 Å². The lowest BCUT2D eigenvalue weighted by molar-refractivity contribution is 0.857. The fourth-order valence-corrected chi connectivity index (χ4v) is 2.66. The zero-order chi connectivity index (χ0) is 18.2. The van der Waals surface area contributed by atoms with Crippen molar-refractivity contribution in [2.45, 2.75) is 19.8 Å². The first kappa shape index (κ1) is 17.4. The molecule has 5 heteroatoms. The minimum absolute atomic E-state index is 0.519.